The quantitative estimate of drug-likeness (QED) is 0.816. The Hall–Kier alpha value is -0.740. The number of halogens is 3. The molecule has 0 saturated carbocycles. The second-order valence-corrected chi connectivity index (χ2v) is 5.67. The molecule has 0 aliphatic carbocycles. The summed E-state index contributed by atoms with van der Waals surface area (Å²) in [6, 6.07) is 0. The minimum Gasteiger partial charge on any atom is -0.481 e. The van der Waals surface area contributed by atoms with E-state index >= 15 is 0 Å². The van der Waals surface area contributed by atoms with Gasteiger partial charge in [-0.3, -0.25) is 4.79 Å². The summed E-state index contributed by atoms with van der Waals surface area (Å²) in [5.74, 6) is -2.78. The van der Waals surface area contributed by atoms with Crippen LogP contribution in [0.1, 0.15) is 41.0 Å². The molecule has 1 N–H and O–H groups in total. The molecule has 0 heterocycles. The van der Waals surface area contributed by atoms with Crippen molar-refractivity contribution in [1.82, 2.24) is 0 Å². The zero-order valence-corrected chi connectivity index (χ0v) is 10.3. The Kier molecular flexibility index (Phi) is 4.06. The molecule has 0 aliphatic rings. The average molecular weight is 240 g/mol. The van der Waals surface area contributed by atoms with Crippen LogP contribution in [-0.2, 0) is 4.79 Å². The molecular weight excluding hydrogens is 221 g/mol. The third-order valence-corrected chi connectivity index (χ3v) is 2.68. The Morgan fingerprint density at radius 2 is 1.56 bits per heavy atom. The fourth-order valence-corrected chi connectivity index (χ4v) is 1.91. The van der Waals surface area contributed by atoms with Crippen LogP contribution in [0.15, 0.2) is 0 Å². The molecule has 0 aromatic heterocycles. The van der Waals surface area contributed by atoms with Gasteiger partial charge in [0.15, 0.2) is 5.41 Å². The molecule has 0 aromatic rings. The van der Waals surface area contributed by atoms with E-state index < -0.39 is 35.3 Å². The van der Waals surface area contributed by atoms with Crippen LogP contribution in [0.3, 0.4) is 0 Å². The molecule has 0 aromatic carbocycles. The Morgan fingerprint density at radius 1 is 1.19 bits per heavy atom. The lowest BCUT2D eigenvalue weighted by molar-refractivity contribution is -0.251. The van der Waals surface area contributed by atoms with Crippen molar-refractivity contribution in [2.75, 3.05) is 0 Å². The lowest BCUT2D eigenvalue weighted by atomic mass is 9.67. The number of carbonyl (C=O) groups is 1. The summed E-state index contributed by atoms with van der Waals surface area (Å²) in [7, 11) is 0. The molecule has 0 aliphatic heterocycles. The number of aliphatic carboxylic acids is 1. The van der Waals surface area contributed by atoms with Crippen molar-refractivity contribution in [3.05, 3.63) is 0 Å². The molecular formula is C11H19F3O2. The molecule has 0 spiro atoms. The van der Waals surface area contributed by atoms with Gasteiger partial charge in [0.2, 0.25) is 0 Å². The lowest BCUT2D eigenvalue weighted by Gasteiger charge is -2.39. The Balaban J connectivity index is 5.57. The number of hydrogen-bond acceptors (Lipinski definition) is 1. The fraction of sp³-hybridized carbons (Fsp3) is 0.909. The van der Waals surface area contributed by atoms with Crippen LogP contribution in [-0.4, -0.2) is 17.3 Å². The van der Waals surface area contributed by atoms with Crippen LogP contribution < -0.4 is 0 Å². The van der Waals surface area contributed by atoms with E-state index in [9.17, 15) is 18.0 Å². The monoisotopic (exact) mass is 240 g/mol. The second-order valence-electron chi connectivity index (χ2n) is 5.67. The summed E-state index contributed by atoms with van der Waals surface area (Å²) in [4.78, 5) is 11.1. The molecule has 16 heavy (non-hydrogen) atoms. The zero-order valence-electron chi connectivity index (χ0n) is 10.3. The third kappa shape index (κ3) is 2.89. The molecule has 0 bridgehead atoms. The van der Waals surface area contributed by atoms with Gasteiger partial charge in [0.05, 0.1) is 0 Å². The van der Waals surface area contributed by atoms with Crippen molar-refractivity contribution in [2.24, 2.45) is 16.7 Å². The molecule has 5 heteroatoms. The molecule has 0 radical (unpaired) electrons. The standard InChI is InChI=1S/C11H19F3O2/c1-7(2)10(8(15)16,11(12,13)14)6-9(3,4)5/h7H,6H2,1-5H3,(H,15,16). The summed E-state index contributed by atoms with van der Waals surface area (Å²) >= 11 is 0. The maximum absolute atomic E-state index is 13.0. The smallest absolute Gasteiger partial charge is 0.405 e. The summed E-state index contributed by atoms with van der Waals surface area (Å²) in [6.07, 6.45) is -5.16. The molecule has 0 fully saturated rings. The number of carboxylic acids is 1. The maximum atomic E-state index is 13.0. The number of hydrogen-bond donors (Lipinski definition) is 1. The first kappa shape index (κ1) is 15.3. The van der Waals surface area contributed by atoms with E-state index in [1.54, 1.807) is 20.8 Å². The summed E-state index contributed by atoms with van der Waals surface area (Å²) in [5, 5.41) is 8.97. The van der Waals surface area contributed by atoms with Crippen LogP contribution in [0.5, 0.6) is 0 Å². The van der Waals surface area contributed by atoms with Crippen molar-refractivity contribution in [1.29, 1.82) is 0 Å². The molecule has 96 valence electrons. The van der Waals surface area contributed by atoms with Gasteiger partial charge in [0.25, 0.3) is 0 Å². The summed E-state index contributed by atoms with van der Waals surface area (Å²) < 4.78 is 39.1. The van der Waals surface area contributed by atoms with Crippen molar-refractivity contribution < 1.29 is 23.1 Å². The van der Waals surface area contributed by atoms with E-state index in [0.29, 0.717) is 0 Å². The van der Waals surface area contributed by atoms with Gasteiger partial charge in [0.1, 0.15) is 0 Å². The predicted octanol–water partition coefficient (Wildman–Crippen LogP) is 3.71. The zero-order chi connectivity index (χ0) is 13.4. The Morgan fingerprint density at radius 3 is 1.62 bits per heavy atom. The first-order valence-electron chi connectivity index (χ1n) is 5.15. The highest BCUT2D eigenvalue weighted by Crippen LogP contribution is 2.51. The van der Waals surface area contributed by atoms with Crippen molar-refractivity contribution in [3.8, 4) is 0 Å². The highest BCUT2D eigenvalue weighted by molar-refractivity contribution is 5.76. The van der Waals surface area contributed by atoms with E-state index in [-0.39, 0.29) is 0 Å². The van der Waals surface area contributed by atoms with Crippen LogP contribution in [0, 0.1) is 16.7 Å². The van der Waals surface area contributed by atoms with Gasteiger partial charge in [-0.05, 0) is 17.8 Å². The SMILES string of the molecule is CC(C)C(CC(C)(C)C)(C(=O)O)C(F)(F)F. The maximum Gasteiger partial charge on any atom is 0.405 e. The third-order valence-electron chi connectivity index (χ3n) is 2.68. The van der Waals surface area contributed by atoms with Crippen LogP contribution in [0.2, 0.25) is 0 Å². The van der Waals surface area contributed by atoms with E-state index in [2.05, 4.69) is 0 Å². The first-order chi connectivity index (χ1) is 6.84. The van der Waals surface area contributed by atoms with Crippen LogP contribution >= 0.6 is 0 Å². The van der Waals surface area contributed by atoms with E-state index in [1.165, 1.54) is 13.8 Å². The summed E-state index contributed by atoms with van der Waals surface area (Å²) in [5.41, 5.74) is -3.36. The molecule has 0 rings (SSSR count). The van der Waals surface area contributed by atoms with Crippen LogP contribution in [0.25, 0.3) is 0 Å². The first-order valence-corrected chi connectivity index (χ1v) is 5.15. The van der Waals surface area contributed by atoms with Crippen molar-refractivity contribution in [2.45, 2.75) is 47.2 Å². The minimum atomic E-state index is -4.74. The van der Waals surface area contributed by atoms with Gasteiger partial charge in [-0.2, -0.15) is 13.2 Å². The molecule has 1 atom stereocenters. The lowest BCUT2D eigenvalue weighted by Crippen LogP contribution is -2.51. The van der Waals surface area contributed by atoms with Gasteiger partial charge in [-0.15, -0.1) is 0 Å². The van der Waals surface area contributed by atoms with E-state index in [1.807, 2.05) is 0 Å². The topological polar surface area (TPSA) is 37.3 Å². The highest BCUT2D eigenvalue weighted by Gasteiger charge is 2.63. The molecule has 1 unspecified atom stereocenters. The average Bonchev–Trinajstić information content (AvgIpc) is 1.94. The van der Waals surface area contributed by atoms with E-state index in [4.69, 9.17) is 5.11 Å². The van der Waals surface area contributed by atoms with Gasteiger partial charge in [-0.25, -0.2) is 0 Å². The summed E-state index contributed by atoms with van der Waals surface area (Å²) in [6.45, 7) is 7.43. The van der Waals surface area contributed by atoms with E-state index in [0.717, 1.165) is 0 Å². The fourth-order valence-electron chi connectivity index (χ4n) is 1.91. The van der Waals surface area contributed by atoms with Gasteiger partial charge in [-0.1, -0.05) is 34.6 Å². The van der Waals surface area contributed by atoms with Crippen LogP contribution in [0.4, 0.5) is 13.2 Å². The minimum absolute atomic E-state index is 0.420. The predicted molar refractivity (Wildman–Crippen MR) is 55.0 cm³/mol. The Bertz CT molecular complexity index is 263. The van der Waals surface area contributed by atoms with Crippen molar-refractivity contribution >= 4 is 5.97 Å². The normalized spacial score (nSPS) is 17.3. The largest absolute Gasteiger partial charge is 0.481 e. The van der Waals surface area contributed by atoms with Gasteiger partial charge >= 0.3 is 12.1 Å². The van der Waals surface area contributed by atoms with Gasteiger partial charge in [0, 0.05) is 0 Å². The Labute approximate surface area is 93.8 Å². The molecule has 0 amide bonds. The second kappa shape index (κ2) is 4.26. The number of carboxylic acid groups (broad SMARTS) is 1. The number of rotatable bonds is 3. The van der Waals surface area contributed by atoms with Gasteiger partial charge < -0.3 is 5.11 Å². The molecule has 0 saturated heterocycles. The molecule has 2 nitrogen and oxygen atoms in total. The van der Waals surface area contributed by atoms with Crippen molar-refractivity contribution in [3.63, 3.8) is 0 Å². The number of alkyl halides is 3. The highest BCUT2D eigenvalue weighted by atomic mass is 19.4.